The average Bonchev–Trinajstić information content (AvgIpc) is 3.38. The van der Waals surface area contributed by atoms with Crippen molar-refractivity contribution >= 4 is 56.6 Å². The number of hydrogen-bond acceptors (Lipinski definition) is 7. The van der Waals surface area contributed by atoms with Crippen LogP contribution >= 0.6 is 34.4 Å². The fourth-order valence-electron chi connectivity index (χ4n) is 3.50. The van der Waals surface area contributed by atoms with E-state index >= 15 is 0 Å². The number of aromatic amines is 1. The van der Waals surface area contributed by atoms with E-state index in [4.69, 9.17) is 0 Å². The first-order chi connectivity index (χ1) is 14.5. The van der Waals surface area contributed by atoms with Gasteiger partial charge in [0.05, 0.1) is 10.6 Å². The van der Waals surface area contributed by atoms with E-state index in [2.05, 4.69) is 20.6 Å². The summed E-state index contributed by atoms with van der Waals surface area (Å²) in [7, 11) is 0. The second-order valence-corrected chi connectivity index (χ2v) is 10.4. The highest BCUT2D eigenvalue weighted by Crippen LogP contribution is 2.34. The molecule has 1 fully saturated rings. The Morgan fingerprint density at radius 2 is 2.07 bits per heavy atom. The normalized spacial score (nSPS) is 15.8. The minimum atomic E-state index is -0.584. The second kappa shape index (κ2) is 9.32. The van der Waals surface area contributed by atoms with Crippen LogP contribution in [0.1, 0.15) is 39.0 Å². The number of rotatable bonds is 5. The molecule has 3 amide bonds. The van der Waals surface area contributed by atoms with Gasteiger partial charge >= 0.3 is 6.03 Å². The van der Waals surface area contributed by atoms with Gasteiger partial charge in [0.15, 0.2) is 5.16 Å². The molecule has 0 spiro atoms. The zero-order chi connectivity index (χ0) is 21.1. The lowest BCUT2D eigenvalue weighted by Crippen LogP contribution is -2.47. The number of nitrogens with zero attached hydrogens (tertiary/aromatic N) is 1. The minimum absolute atomic E-state index is 0.131. The first-order valence-corrected chi connectivity index (χ1v) is 12.5. The Kier molecular flexibility index (Phi) is 6.55. The van der Waals surface area contributed by atoms with Crippen LogP contribution in [0.25, 0.3) is 20.7 Å². The molecule has 3 N–H and O–H groups in total. The highest BCUT2D eigenvalue weighted by Gasteiger charge is 2.22. The van der Waals surface area contributed by atoms with E-state index in [1.54, 1.807) is 18.3 Å². The molecule has 0 aromatic carbocycles. The smallest absolute Gasteiger partial charge is 0.321 e. The molecule has 3 heterocycles. The van der Waals surface area contributed by atoms with E-state index in [-0.39, 0.29) is 11.6 Å². The lowest BCUT2D eigenvalue weighted by Gasteiger charge is -2.23. The summed E-state index contributed by atoms with van der Waals surface area (Å²) in [5.41, 5.74) is 0.648. The van der Waals surface area contributed by atoms with Crippen LogP contribution in [0.2, 0.25) is 0 Å². The Labute approximate surface area is 185 Å². The molecule has 0 saturated heterocycles. The maximum absolute atomic E-state index is 12.7. The molecule has 158 valence electrons. The van der Waals surface area contributed by atoms with Crippen LogP contribution in [0.3, 0.4) is 0 Å². The summed E-state index contributed by atoms with van der Waals surface area (Å²) in [5, 5.41) is 9.51. The summed E-state index contributed by atoms with van der Waals surface area (Å²) in [6.07, 6.45) is 5.30. The molecule has 30 heavy (non-hydrogen) atoms. The zero-order valence-corrected chi connectivity index (χ0v) is 18.8. The number of thioether (sulfide) groups is 1. The van der Waals surface area contributed by atoms with Crippen LogP contribution in [-0.4, -0.2) is 33.2 Å². The van der Waals surface area contributed by atoms with Crippen molar-refractivity contribution in [1.29, 1.82) is 0 Å². The summed E-state index contributed by atoms with van der Waals surface area (Å²) in [5.74, 6) is -0.415. The Bertz CT molecular complexity index is 1100. The minimum Gasteiger partial charge on any atom is -0.335 e. The number of H-pyrrole nitrogens is 1. The summed E-state index contributed by atoms with van der Waals surface area (Å²) < 4.78 is 0. The van der Waals surface area contributed by atoms with Crippen LogP contribution in [0, 0.1) is 0 Å². The lowest BCUT2D eigenvalue weighted by atomic mass is 9.96. The van der Waals surface area contributed by atoms with Crippen molar-refractivity contribution < 1.29 is 9.59 Å². The highest BCUT2D eigenvalue weighted by atomic mass is 32.2. The number of fused-ring (bicyclic) bond motifs is 1. The fourth-order valence-corrected chi connectivity index (χ4v) is 6.12. The highest BCUT2D eigenvalue weighted by molar-refractivity contribution is 8.00. The summed E-state index contributed by atoms with van der Waals surface area (Å²) >= 11 is 4.10. The zero-order valence-electron chi connectivity index (χ0n) is 16.4. The molecule has 1 atom stereocenters. The molecule has 0 aliphatic heterocycles. The van der Waals surface area contributed by atoms with Crippen LogP contribution in [-0.2, 0) is 4.79 Å². The molecule has 3 aromatic heterocycles. The van der Waals surface area contributed by atoms with Gasteiger partial charge in [-0.3, -0.25) is 14.9 Å². The molecule has 3 aromatic rings. The van der Waals surface area contributed by atoms with Crippen molar-refractivity contribution in [2.45, 2.75) is 55.5 Å². The van der Waals surface area contributed by atoms with Crippen LogP contribution < -0.4 is 16.2 Å². The van der Waals surface area contributed by atoms with E-state index in [1.807, 2.05) is 22.9 Å². The Morgan fingerprint density at radius 3 is 2.80 bits per heavy atom. The maximum Gasteiger partial charge on any atom is 0.321 e. The molecule has 0 bridgehead atoms. The van der Waals surface area contributed by atoms with Gasteiger partial charge in [-0.2, -0.15) is 0 Å². The SMILES string of the molecule is C[C@@H](Sc1nc2scc(-c3cccs3)c2c(=O)[nH]1)C(=O)NC(=O)NC1CCCCC1. The first kappa shape index (κ1) is 21.1. The fraction of sp³-hybridized carbons (Fsp3) is 0.400. The molecule has 0 radical (unpaired) electrons. The first-order valence-electron chi connectivity index (χ1n) is 9.84. The topological polar surface area (TPSA) is 104 Å². The van der Waals surface area contributed by atoms with Crippen LogP contribution in [0.5, 0.6) is 0 Å². The van der Waals surface area contributed by atoms with Crippen molar-refractivity contribution in [1.82, 2.24) is 20.6 Å². The van der Waals surface area contributed by atoms with Crippen molar-refractivity contribution in [2.75, 3.05) is 0 Å². The molecular weight excluding hydrogens is 440 g/mol. The third-order valence-electron chi connectivity index (χ3n) is 5.04. The monoisotopic (exact) mass is 462 g/mol. The molecule has 1 aliphatic carbocycles. The number of thiophene rings is 2. The molecule has 4 rings (SSSR count). The van der Waals surface area contributed by atoms with Gasteiger partial charge in [-0.15, -0.1) is 22.7 Å². The van der Waals surface area contributed by atoms with Crippen molar-refractivity contribution in [3.63, 3.8) is 0 Å². The molecular formula is C20H22N4O3S3. The van der Waals surface area contributed by atoms with Gasteiger partial charge in [-0.25, -0.2) is 9.78 Å². The van der Waals surface area contributed by atoms with Gasteiger partial charge in [0.2, 0.25) is 5.91 Å². The van der Waals surface area contributed by atoms with Crippen LogP contribution in [0.4, 0.5) is 4.79 Å². The number of carbonyl (C=O) groups excluding carboxylic acids is 2. The molecule has 7 nitrogen and oxygen atoms in total. The predicted octanol–water partition coefficient (Wildman–Crippen LogP) is 4.35. The summed E-state index contributed by atoms with van der Waals surface area (Å²) in [4.78, 5) is 46.1. The number of imide groups is 1. The number of amides is 3. The quantitative estimate of drug-likeness (QED) is 0.386. The molecule has 0 unspecified atom stereocenters. The van der Waals surface area contributed by atoms with Crippen molar-refractivity contribution in [2.24, 2.45) is 0 Å². The van der Waals surface area contributed by atoms with Crippen molar-refractivity contribution in [3.05, 3.63) is 33.2 Å². The van der Waals surface area contributed by atoms with E-state index in [0.29, 0.717) is 15.4 Å². The summed E-state index contributed by atoms with van der Waals surface area (Å²) in [6, 6.07) is 3.58. The van der Waals surface area contributed by atoms with E-state index in [0.717, 1.165) is 47.9 Å². The van der Waals surface area contributed by atoms with E-state index < -0.39 is 17.2 Å². The van der Waals surface area contributed by atoms with Crippen molar-refractivity contribution in [3.8, 4) is 10.4 Å². The predicted molar refractivity (Wildman–Crippen MR) is 122 cm³/mol. The Morgan fingerprint density at radius 1 is 1.27 bits per heavy atom. The molecule has 10 heteroatoms. The number of hydrogen-bond donors (Lipinski definition) is 3. The molecule has 1 aliphatic rings. The third-order valence-corrected chi connectivity index (χ3v) is 7.80. The van der Waals surface area contributed by atoms with Gasteiger partial charge in [0.1, 0.15) is 4.83 Å². The second-order valence-electron chi connectivity index (χ2n) is 7.24. The lowest BCUT2D eigenvalue weighted by molar-refractivity contribution is -0.119. The Hall–Kier alpha value is -2.17. The van der Waals surface area contributed by atoms with Gasteiger partial charge in [-0.05, 0) is 31.2 Å². The van der Waals surface area contributed by atoms with Gasteiger partial charge in [-0.1, -0.05) is 37.1 Å². The van der Waals surface area contributed by atoms with Gasteiger partial charge < -0.3 is 10.3 Å². The molecule has 1 saturated carbocycles. The summed E-state index contributed by atoms with van der Waals surface area (Å²) in [6.45, 7) is 1.68. The number of nitrogens with one attached hydrogen (secondary N) is 3. The average molecular weight is 463 g/mol. The standard InChI is InChI=1S/C20H22N4O3S3/c1-11(16(25)22-19(27)21-12-6-3-2-4-7-12)30-20-23-17(26)15-13(10-29-18(15)24-20)14-8-5-9-28-14/h5,8-12H,2-4,6-7H2,1H3,(H,23,24,26)(H2,21,22,25,27)/t11-/m1/s1. The third kappa shape index (κ3) is 4.76. The number of urea groups is 1. The maximum atomic E-state index is 12.7. The Balaban J connectivity index is 1.41. The van der Waals surface area contributed by atoms with Gasteiger partial charge in [0.25, 0.3) is 5.56 Å². The van der Waals surface area contributed by atoms with Gasteiger partial charge in [0, 0.05) is 21.9 Å². The largest absolute Gasteiger partial charge is 0.335 e. The number of carbonyl (C=O) groups is 2. The van der Waals surface area contributed by atoms with E-state index in [9.17, 15) is 14.4 Å². The van der Waals surface area contributed by atoms with E-state index in [1.165, 1.54) is 17.8 Å². The number of aromatic nitrogens is 2. The van der Waals surface area contributed by atoms with Crippen LogP contribution in [0.15, 0.2) is 32.8 Å².